The van der Waals surface area contributed by atoms with E-state index in [1.165, 1.54) is 24.9 Å². The molecule has 1 atom stereocenters. The minimum Gasteiger partial charge on any atom is -0.460 e. The number of hydrogen-bond acceptors (Lipinski definition) is 5. The number of amides is 2. The maximum absolute atomic E-state index is 13.2. The van der Waals surface area contributed by atoms with Gasteiger partial charge in [-0.05, 0) is 82.1 Å². The van der Waals surface area contributed by atoms with Crippen LogP contribution in [0.1, 0.15) is 83.9 Å². The number of rotatable bonds is 9. The van der Waals surface area contributed by atoms with Crippen LogP contribution in [0.15, 0.2) is 42.7 Å². The van der Waals surface area contributed by atoms with Gasteiger partial charge in [-0.25, -0.2) is 9.78 Å². The molecule has 0 saturated carbocycles. The van der Waals surface area contributed by atoms with Gasteiger partial charge >= 0.3 is 12.0 Å². The number of carbonyl (C=O) groups excluding carboxylic acids is 2. The van der Waals surface area contributed by atoms with Crippen LogP contribution in [0.2, 0.25) is 0 Å². The Bertz CT molecular complexity index is 1270. The van der Waals surface area contributed by atoms with E-state index in [1.54, 1.807) is 6.20 Å². The molecular weight excluding hydrogens is 490 g/mol. The smallest absolute Gasteiger partial charge is 0.319 e. The fraction of sp³-hybridized carbons (Fsp3) is 0.516. The fourth-order valence-electron chi connectivity index (χ4n) is 5.23. The van der Waals surface area contributed by atoms with Crippen molar-refractivity contribution in [3.63, 3.8) is 0 Å². The van der Waals surface area contributed by atoms with Crippen molar-refractivity contribution in [2.75, 3.05) is 23.3 Å². The van der Waals surface area contributed by atoms with Gasteiger partial charge in [0.15, 0.2) is 0 Å². The van der Waals surface area contributed by atoms with E-state index >= 15 is 0 Å². The van der Waals surface area contributed by atoms with Crippen LogP contribution >= 0.6 is 0 Å². The first kappa shape index (κ1) is 28.5. The summed E-state index contributed by atoms with van der Waals surface area (Å²) in [4.78, 5) is 35.5. The molecule has 4 rings (SSSR count). The maximum atomic E-state index is 13.2. The monoisotopic (exact) mass is 533 g/mol. The number of esters is 1. The summed E-state index contributed by atoms with van der Waals surface area (Å²) in [7, 11) is 0. The Morgan fingerprint density at radius 3 is 2.59 bits per heavy atom. The minimum atomic E-state index is -0.509. The number of fused-ring (bicyclic) bond motifs is 1. The summed E-state index contributed by atoms with van der Waals surface area (Å²) in [6, 6.07) is 9.98. The number of benzene rings is 1. The topological polar surface area (TPSA) is 99.3 Å². The van der Waals surface area contributed by atoms with E-state index in [0.29, 0.717) is 23.7 Å². The van der Waals surface area contributed by atoms with Gasteiger partial charge in [0.05, 0.1) is 17.9 Å². The van der Waals surface area contributed by atoms with Crippen molar-refractivity contribution in [1.82, 2.24) is 15.3 Å². The first-order chi connectivity index (χ1) is 18.6. The lowest BCUT2D eigenvalue weighted by molar-refractivity contribution is -0.154. The maximum Gasteiger partial charge on any atom is 0.319 e. The highest BCUT2D eigenvalue weighted by Crippen LogP contribution is 2.32. The molecule has 1 saturated heterocycles. The summed E-state index contributed by atoms with van der Waals surface area (Å²) in [6.45, 7) is 12.0. The van der Waals surface area contributed by atoms with Gasteiger partial charge in [-0.15, -0.1) is 0 Å². The highest BCUT2D eigenvalue weighted by molar-refractivity contribution is 5.92. The second-order valence-electron chi connectivity index (χ2n) is 11.9. The predicted molar refractivity (Wildman–Crippen MR) is 157 cm³/mol. The number of pyridine rings is 1. The van der Waals surface area contributed by atoms with Crippen molar-refractivity contribution in [3.05, 3.63) is 53.9 Å². The zero-order chi connectivity index (χ0) is 28.0. The molecule has 39 heavy (non-hydrogen) atoms. The fourth-order valence-corrected chi connectivity index (χ4v) is 5.23. The molecule has 2 amide bonds. The van der Waals surface area contributed by atoms with Gasteiger partial charge in [0, 0.05) is 36.8 Å². The Labute approximate surface area is 231 Å². The summed E-state index contributed by atoms with van der Waals surface area (Å²) >= 11 is 0. The number of piperidine rings is 1. The molecule has 0 radical (unpaired) electrons. The number of aromatic nitrogens is 2. The van der Waals surface area contributed by atoms with Gasteiger partial charge in [-0.3, -0.25) is 4.79 Å². The number of aryl methyl sites for hydroxylation is 1. The summed E-state index contributed by atoms with van der Waals surface area (Å²) in [5.41, 5.74) is 4.14. The summed E-state index contributed by atoms with van der Waals surface area (Å²) in [5.74, 6) is 0.176. The molecule has 8 heteroatoms. The van der Waals surface area contributed by atoms with Gasteiger partial charge in [0.2, 0.25) is 0 Å². The molecule has 2 aromatic heterocycles. The molecule has 8 nitrogen and oxygen atoms in total. The van der Waals surface area contributed by atoms with E-state index in [-0.39, 0.29) is 24.5 Å². The summed E-state index contributed by atoms with van der Waals surface area (Å²) in [5, 5.41) is 7.11. The van der Waals surface area contributed by atoms with Crippen LogP contribution in [0.25, 0.3) is 11.0 Å². The van der Waals surface area contributed by atoms with E-state index in [1.807, 2.05) is 33.0 Å². The molecule has 0 aliphatic carbocycles. The van der Waals surface area contributed by atoms with Crippen LogP contribution in [0.5, 0.6) is 0 Å². The second-order valence-corrected chi connectivity index (χ2v) is 11.9. The van der Waals surface area contributed by atoms with Crippen molar-refractivity contribution in [2.45, 2.75) is 84.8 Å². The van der Waals surface area contributed by atoms with E-state index in [2.05, 4.69) is 63.6 Å². The number of para-hydroxylation sites is 1. The van der Waals surface area contributed by atoms with Gasteiger partial charge in [-0.1, -0.05) is 32.0 Å². The van der Waals surface area contributed by atoms with Crippen LogP contribution in [-0.2, 0) is 16.0 Å². The molecule has 1 aliphatic heterocycles. The normalized spacial score (nSPS) is 14.9. The third-order valence-corrected chi connectivity index (χ3v) is 6.91. The highest BCUT2D eigenvalue weighted by atomic mass is 16.6. The minimum absolute atomic E-state index is 0.114. The number of nitrogens with zero attached hydrogens (tertiary/aromatic N) is 2. The second kappa shape index (κ2) is 12.5. The van der Waals surface area contributed by atoms with Crippen LogP contribution < -0.4 is 15.5 Å². The van der Waals surface area contributed by atoms with Crippen LogP contribution in [0.3, 0.4) is 0 Å². The van der Waals surface area contributed by atoms with E-state index in [9.17, 15) is 9.59 Å². The Morgan fingerprint density at radius 2 is 1.87 bits per heavy atom. The Morgan fingerprint density at radius 1 is 1.13 bits per heavy atom. The van der Waals surface area contributed by atoms with Gasteiger partial charge < -0.3 is 25.3 Å². The number of hydrogen-bond donors (Lipinski definition) is 3. The van der Waals surface area contributed by atoms with Gasteiger partial charge in [0.25, 0.3) is 0 Å². The molecule has 3 N–H and O–H groups in total. The van der Waals surface area contributed by atoms with Crippen molar-refractivity contribution >= 4 is 34.4 Å². The molecule has 1 aromatic carbocycles. The number of ether oxygens (including phenoxy) is 1. The molecule has 0 spiro atoms. The average Bonchev–Trinajstić information content (AvgIpc) is 3.28. The van der Waals surface area contributed by atoms with Crippen LogP contribution in [0, 0.1) is 5.92 Å². The molecular formula is C31H43N5O3. The van der Waals surface area contributed by atoms with Crippen molar-refractivity contribution in [3.8, 4) is 0 Å². The quantitative estimate of drug-likeness (QED) is 0.265. The Kier molecular flexibility index (Phi) is 9.15. The predicted octanol–water partition coefficient (Wildman–Crippen LogP) is 6.74. The first-order valence-corrected chi connectivity index (χ1v) is 14.2. The highest BCUT2D eigenvalue weighted by Gasteiger charge is 2.23. The van der Waals surface area contributed by atoms with Crippen molar-refractivity contribution in [2.24, 2.45) is 5.92 Å². The average molecular weight is 534 g/mol. The zero-order valence-corrected chi connectivity index (χ0v) is 24.0. The van der Waals surface area contributed by atoms with Gasteiger partial charge in [-0.2, -0.15) is 0 Å². The molecule has 0 bridgehead atoms. The Hall–Kier alpha value is -3.55. The number of nitrogens with one attached hydrogen (secondary N) is 3. The summed E-state index contributed by atoms with van der Waals surface area (Å²) < 4.78 is 5.44. The van der Waals surface area contributed by atoms with E-state index in [0.717, 1.165) is 36.0 Å². The SMILES string of the molecule is CC(C)CC(NC(=O)Nc1cnc2[nH]cc(CCC(=O)OC(C)(C)C)c2c1)c1ccccc1N1CCCCC1. The van der Waals surface area contributed by atoms with Crippen LogP contribution in [-0.4, -0.2) is 40.7 Å². The lowest BCUT2D eigenvalue weighted by Crippen LogP contribution is -2.36. The Balaban J connectivity index is 1.47. The number of anilines is 2. The summed E-state index contributed by atoms with van der Waals surface area (Å²) in [6.07, 6.45) is 8.82. The lowest BCUT2D eigenvalue weighted by Gasteiger charge is -2.33. The van der Waals surface area contributed by atoms with Crippen molar-refractivity contribution < 1.29 is 14.3 Å². The van der Waals surface area contributed by atoms with E-state index < -0.39 is 5.60 Å². The number of aromatic amines is 1. The number of carbonyl (C=O) groups is 2. The third kappa shape index (κ3) is 7.97. The molecule has 1 aliphatic rings. The largest absolute Gasteiger partial charge is 0.460 e. The zero-order valence-electron chi connectivity index (χ0n) is 24.0. The molecule has 3 heterocycles. The molecule has 210 valence electrons. The molecule has 1 fully saturated rings. The number of urea groups is 1. The van der Waals surface area contributed by atoms with Crippen LogP contribution in [0.4, 0.5) is 16.2 Å². The van der Waals surface area contributed by atoms with E-state index in [4.69, 9.17) is 4.74 Å². The van der Waals surface area contributed by atoms with Gasteiger partial charge in [0.1, 0.15) is 11.2 Å². The number of H-pyrrole nitrogens is 1. The van der Waals surface area contributed by atoms with Crippen molar-refractivity contribution in [1.29, 1.82) is 0 Å². The first-order valence-electron chi connectivity index (χ1n) is 14.2. The lowest BCUT2D eigenvalue weighted by atomic mass is 9.94. The molecule has 1 unspecified atom stereocenters. The standard InChI is InChI=1S/C31H43N5O3/c1-21(2)17-26(24-11-7-8-12-27(24)36-15-9-6-10-16-36)35-30(38)34-23-18-25-22(19-32-29(25)33-20-23)13-14-28(37)39-31(3,4)5/h7-8,11-12,18-21,26H,6,9-10,13-17H2,1-5H3,(H,32,33)(H2,34,35,38). The molecule has 3 aromatic rings. The third-order valence-electron chi connectivity index (χ3n) is 6.91.